The van der Waals surface area contributed by atoms with Crippen LogP contribution in [0.5, 0.6) is 5.75 Å². The van der Waals surface area contributed by atoms with Crippen molar-refractivity contribution >= 4 is 11.8 Å². The number of rotatable bonds is 7. The van der Waals surface area contributed by atoms with Gasteiger partial charge < -0.3 is 20.7 Å². The van der Waals surface area contributed by atoms with Gasteiger partial charge in [-0.05, 0) is 44.2 Å². The lowest BCUT2D eigenvalue weighted by atomic mass is 10.0. The normalized spacial score (nSPS) is 17.2. The standard InChI is InChI=1S/C19H29N3O3/c1-14-6-5-7-15(2)19(14)25-13-18(24)22-11-4-3-8-16(22)12-21-17(23)9-10-20/h5-7,16H,3-4,8-13,20H2,1-2H3,(H,21,23). The fraction of sp³-hybridized carbons (Fsp3) is 0.579. The summed E-state index contributed by atoms with van der Waals surface area (Å²) >= 11 is 0. The lowest BCUT2D eigenvalue weighted by Gasteiger charge is -2.36. The molecule has 3 N–H and O–H groups in total. The molecule has 1 aliphatic heterocycles. The van der Waals surface area contributed by atoms with E-state index in [4.69, 9.17) is 10.5 Å². The predicted octanol–water partition coefficient (Wildman–Crippen LogP) is 1.53. The molecule has 1 aliphatic rings. The molecule has 0 spiro atoms. The Hall–Kier alpha value is -2.08. The Kier molecular flexibility index (Phi) is 7.25. The molecule has 1 heterocycles. The van der Waals surface area contributed by atoms with Gasteiger partial charge in [-0.1, -0.05) is 18.2 Å². The Balaban J connectivity index is 1.92. The molecule has 1 aromatic carbocycles. The van der Waals surface area contributed by atoms with E-state index in [9.17, 15) is 9.59 Å². The van der Waals surface area contributed by atoms with Gasteiger partial charge in [-0.2, -0.15) is 0 Å². The Morgan fingerprint density at radius 1 is 1.28 bits per heavy atom. The molecular formula is C19H29N3O3. The monoisotopic (exact) mass is 347 g/mol. The highest BCUT2D eigenvalue weighted by atomic mass is 16.5. The number of piperidine rings is 1. The summed E-state index contributed by atoms with van der Waals surface area (Å²) in [5.74, 6) is 0.688. The summed E-state index contributed by atoms with van der Waals surface area (Å²) in [5, 5.41) is 2.88. The van der Waals surface area contributed by atoms with Crippen molar-refractivity contribution < 1.29 is 14.3 Å². The average molecular weight is 347 g/mol. The Labute approximate surface area is 149 Å². The van der Waals surface area contributed by atoms with Gasteiger partial charge in [0.1, 0.15) is 5.75 Å². The summed E-state index contributed by atoms with van der Waals surface area (Å²) < 4.78 is 5.80. The first-order chi connectivity index (χ1) is 12.0. The third-order valence-corrected chi connectivity index (χ3v) is 4.60. The highest BCUT2D eigenvalue weighted by Gasteiger charge is 2.27. The van der Waals surface area contributed by atoms with Crippen LogP contribution in [0.1, 0.15) is 36.8 Å². The first kappa shape index (κ1) is 19.2. The van der Waals surface area contributed by atoms with Gasteiger partial charge in [0.25, 0.3) is 5.91 Å². The van der Waals surface area contributed by atoms with Crippen LogP contribution in [0.3, 0.4) is 0 Å². The molecule has 2 rings (SSSR count). The van der Waals surface area contributed by atoms with E-state index in [1.165, 1.54) is 0 Å². The van der Waals surface area contributed by atoms with Crippen LogP contribution >= 0.6 is 0 Å². The van der Waals surface area contributed by atoms with E-state index >= 15 is 0 Å². The van der Waals surface area contributed by atoms with E-state index in [1.54, 1.807) is 0 Å². The number of nitrogens with one attached hydrogen (secondary N) is 1. The van der Waals surface area contributed by atoms with Crippen LogP contribution in [0.25, 0.3) is 0 Å². The number of ether oxygens (including phenoxy) is 1. The molecule has 6 heteroatoms. The molecule has 0 aliphatic carbocycles. The molecular weight excluding hydrogens is 318 g/mol. The molecule has 2 amide bonds. The largest absolute Gasteiger partial charge is 0.483 e. The molecule has 1 unspecified atom stereocenters. The molecule has 1 fully saturated rings. The summed E-state index contributed by atoms with van der Waals surface area (Å²) in [5.41, 5.74) is 7.44. The van der Waals surface area contributed by atoms with Crippen molar-refractivity contribution in [1.82, 2.24) is 10.2 Å². The lowest BCUT2D eigenvalue weighted by Crippen LogP contribution is -2.50. The van der Waals surface area contributed by atoms with Crippen LogP contribution in [-0.2, 0) is 9.59 Å². The van der Waals surface area contributed by atoms with Crippen molar-refractivity contribution in [2.45, 2.75) is 45.6 Å². The first-order valence-electron chi connectivity index (χ1n) is 8.98. The number of nitrogens with two attached hydrogens (primary N) is 1. The number of hydrogen-bond acceptors (Lipinski definition) is 4. The topological polar surface area (TPSA) is 84.7 Å². The van der Waals surface area contributed by atoms with Crippen molar-refractivity contribution in [2.75, 3.05) is 26.2 Å². The van der Waals surface area contributed by atoms with Gasteiger partial charge >= 0.3 is 0 Å². The summed E-state index contributed by atoms with van der Waals surface area (Å²) in [6.45, 7) is 5.51. The summed E-state index contributed by atoms with van der Waals surface area (Å²) in [6, 6.07) is 5.96. The zero-order valence-corrected chi connectivity index (χ0v) is 15.2. The molecule has 0 radical (unpaired) electrons. The number of carbonyl (C=O) groups is 2. The molecule has 1 saturated heterocycles. The molecule has 0 bridgehead atoms. The van der Waals surface area contributed by atoms with Crippen molar-refractivity contribution in [3.63, 3.8) is 0 Å². The summed E-state index contributed by atoms with van der Waals surface area (Å²) in [6.07, 6.45) is 3.27. The number of carbonyl (C=O) groups excluding carboxylic acids is 2. The van der Waals surface area contributed by atoms with Crippen LogP contribution < -0.4 is 15.8 Å². The Bertz CT molecular complexity index is 583. The van der Waals surface area contributed by atoms with Crippen LogP contribution in [0.15, 0.2) is 18.2 Å². The SMILES string of the molecule is Cc1cccc(C)c1OCC(=O)N1CCCCC1CNC(=O)CCN. The maximum atomic E-state index is 12.6. The maximum Gasteiger partial charge on any atom is 0.260 e. The first-order valence-corrected chi connectivity index (χ1v) is 8.98. The molecule has 1 aromatic rings. The molecule has 0 saturated carbocycles. The summed E-state index contributed by atoms with van der Waals surface area (Å²) in [7, 11) is 0. The van der Waals surface area contributed by atoms with E-state index < -0.39 is 0 Å². The van der Waals surface area contributed by atoms with Crippen LogP contribution in [-0.4, -0.2) is 49.0 Å². The van der Waals surface area contributed by atoms with Gasteiger partial charge in [-0.15, -0.1) is 0 Å². The smallest absolute Gasteiger partial charge is 0.260 e. The zero-order chi connectivity index (χ0) is 18.2. The van der Waals surface area contributed by atoms with Crippen molar-refractivity contribution in [3.05, 3.63) is 29.3 Å². The fourth-order valence-corrected chi connectivity index (χ4v) is 3.24. The van der Waals surface area contributed by atoms with Crippen molar-refractivity contribution in [2.24, 2.45) is 5.73 Å². The minimum absolute atomic E-state index is 0.0267. The molecule has 1 atom stereocenters. The van der Waals surface area contributed by atoms with Gasteiger partial charge in [-0.3, -0.25) is 9.59 Å². The van der Waals surface area contributed by atoms with E-state index in [0.29, 0.717) is 26.1 Å². The minimum atomic E-state index is -0.0627. The molecule has 6 nitrogen and oxygen atoms in total. The third kappa shape index (κ3) is 5.46. The molecule has 25 heavy (non-hydrogen) atoms. The van der Waals surface area contributed by atoms with E-state index in [1.807, 2.05) is 36.9 Å². The third-order valence-electron chi connectivity index (χ3n) is 4.60. The molecule has 138 valence electrons. The van der Waals surface area contributed by atoms with Gasteiger partial charge in [0.15, 0.2) is 6.61 Å². The second-order valence-electron chi connectivity index (χ2n) is 6.59. The van der Waals surface area contributed by atoms with E-state index in [2.05, 4.69) is 5.32 Å². The fourth-order valence-electron chi connectivity index (χ4n) is 3.24. The Morgan fingerprint density at radius 3 is 2.68 bits per heavy atom. The van der Waals surface area contributed by atoms with Gasteiger partial charge in [0.05, 0.1) is 0 Å². The average Bonchev–Trinajstić information content (AvgIpc) is 2.60. The number of amides is 2. The van der Waals surface area contributed by atoms with Crippen LogP contribution in [0, 0.1) is 13.8 Å². The molecule has 0 aromatic heterocycles. The lowest BCUT2D eigenvalue weighted by molar-refractivity contribution is -0.137. The maximum absolute atomic E-state index is 12.6. The van der Waals surface area contributed by atoms with Gasteiger partial charge in [-0.25, -0.2) is 0 Å². The number of hydrogen-bond donors (Lipinski definition) is 2. The predicted molar refractivity (Wildman–Crippen MR) is 97.4 cm³/mol. The van der Waals surface area contributed by atoms with E-state index in [0.717, 1.165) is 36.1 Å². The van der Waals surface area contributed by atoms with Crippen LogP contribution in [0.4, 0.5) is 0 Å². The quantitative estimate of drug-likeness (QED) is 0.783. The Morgan fingerprint density at radius 2 is 2.00 bits per heavy atom. The highest BCUT2D eigenvalue weighted by Crippen LogP contribution is 2.23. The zero-order valence-electron chi connectivity index (χ0n) is 15.2. The minimum Gasteiger partial charge on any atom is -0.483 e. The number of likely N-dealkylation sites (tertiary alicyclic amines) is 1. The number of para-hydroxylation sites is 1. The second kappa shape index (κ2) is 9.42. The van der Waals surface area contributed by atoms with E-state index in [-0.39, 0.29) is 24.5 Å². The van der Waals surface area contributed by atoms with Gasteiger partial charge in [0, 0.05) is 32.1 Å². The number of benzene rings is 1. The van der Waals surface area contributed by atoms with Crippen LogP contribution in [0.2, 0.25) is 0 Å². The second-order valence-corrected chi connectivity index (χ2v) is 6.59. The van der Waals surface area contributed by atoms with Gasteiger partial charge in [0.2, 0.25) is 5.91 Å². The summed E-state index contributed by atoms with van der Waals surface area (Å²) in [4.78, 5) is 26.1. The highest BCUT2D eigenvalue weighted by molar-refractivity contribution is 5.79. The van der Waals surface area contributed by atoms with Crippen molar-refractivity contribution in [3.8, 4) is 5.75 Å². The van der Waals surface area contributed by atoms with Crippen molar-refractivity contribution in [1.29, 1.82) is 0 Å². The number of nitrogens with zero attached hydrogens (tertiary/aromatic N) is 1. The number of aryl methyl sites for hydroxylation is 2.